The molecular formula is C12H29O2Si2. The Balaban J connectivity index is 3.32. The summed E-state index contributed by atoms with van der Waals surface area (Å²) in [6, 6.07) is 3.60. The van der Waals surface area contributed by atoms with Gasteiger partial charge >= 0.3 is 0 Å². The molecule has 0 spiro atoms. The van der Waals surface area contributed by atoms with Gasteiger partial charge in [-0.25, -0.2) is 0 Å². The summed E-state index contributed by atoms with van der Waals surface area (Å²) in [4.78, 5) is 0. The SMILES string of the molecule is CCCCO[SiH](C)[CH]C[SiH](C)OCCCC. The van der Waals surface area contributed by atoms with E-state index in [1.165, 1.54) is 31.7 Å². The van der Waals surface area contributed by atoms with E-state index in [0.29, 0.717) is 0 Å². The van der Waals surface area contributed by atoms with Crippen molar-refractivity contribution in [2.45, 2.75) is 58.7 Å². The summed E-state index contributed by atoms with van der Waals surface area (Å²) in [5, 5.41) is 0. The first-order valence-electron chi connectivity index (χ1n) is 6.77. The van der Waals surface area contributed by atoms with Gasteiger partial charge in [0, 0.05) is 13.2 Å². The monoisotopic (exact) mass is 261 g/mol. The van der Waals surface area contributed by atoms with E-state index in [1.54, 1.807) is 0 Å². The quantitative estimate of drug-likeness (QED) is 0.420. The van der Waals surface area contributed by atoms with Crippen molar-refractivity contribution in [1.29, 1.82) is 0 Å². The van der Waals surface area contributed by atoms with Crippen LogP contribution in [0, 0.1) is 6.04 Å². The zero-order valence-corrected chi connectivity index (χ0v) is 13.8. The highest BCUT2D eigenvalue weighted by Gasteiger charge is 2.10. The van der Waals surface area contributed by atoms with Gasteiger partial charge in [-0.2, -0.15) is 0 Å². The van der Waals surface area contributed by atoms with Gasteiger partial charge < -0.3 is 8.85 Å². The molecule has 0 amide bonds. The van der Waals surface area contributed by atoms with Gasteiger partial charge in [0.15, 0.2) is 18.1 Å². The lowest BCUT2D eigenvalue weighted by Crippen LogP contribution is -2.21. The van der Waals surface area contributed by atoms with E-state index in [9.17, 15) is 0 Å². The summed E-state index contributed by atoms with van der Waals surface area (Å²) in [5.41, 5.74) is 0. The molecule has 0 heterocycles. The van der Waals surface area contributed by atoms with E-state index >= 15 is 0 Å². The molecule has 0 aliphatic heterocycles. The molecule has 0 rings (SSSR count). The van der Waals surface area contributed by atoms with Crippen LogP contribution in [0.25, 0.3) is 0 Å². The summed E-state index contributed by atoms with van der Waals surface area (Å²) in [6.45, 7) is 10.9. The lowest BCUT2D eigenvalue weighted by Gasteiger charge is -2.14. The minimum absolute atomic E-state index is 0.932. The lowest BCUT2D eigenvalue weighted by atomic mass is 10.4. The molecule has 0 N–H and O–H groups in total. The Labute approximate surface area is 105 Å². The minimum atomic E-state index is -1.00. The molecule has 4 heteroatoms. The van der Waals surface area contributed by atoms with Crippen molar-refractivity contribution in [3.05, 3.63) is 6.04 Å². The van der Waals surface area contributed by atoms with Gasteiger partial charge in [0.2, 0.25) is 0 Å². The first-order chi connectivity index (χ1) is 7.70. The van der Waals surface area contributed by atoms with Crippen LogP contribution in [0.1, 0.15) is 39.5 Å². The largest absolute Gasteiger partial charge is 0.420 e. The van der Waals surface area contributed by atoms with Crippen LogP contribution in [0.3, 0.4) is 0 Å². The van der Waals surface area contributed by atoms with Crippen molar-refractivity contribution in [1.82, 2.24) is 0 Å². The summed E-state index contributed by atoms with van der Waals surface area (Å²) < 4.78 is 11.6. The molecule has 2 unspecified atom stereocenters. The van der Waals surface area contributed by atoms with E-state index in [-0.39, 0.29) is 0 Å². The van der Waals surface area contributed by atoms with Crippen LogP contribution in [0.15, 0.2) is 0 Å². The molecule has 0 aliphatic carbocycles. The lowest BCUT2D eigenvalue weighted by molar-refractivity contribution is 0.310. The Morgan fingerprint density at radius 2 is 1.50 bits per heavy atom. The fourth-order valence-electron chi connectivity index (χ4n) is 1.36. The van der Waals surface area contributed by atoms with E-state index in [1.807, 2.05) is 0 Å². The fraction of sp³-hybridized carbons (Fsp3) is 0.917. The number of hydrogen-bond acceptors (Lipinski definition) is 2. The van der Waals surface area contributed by atoms with Crippen molar-refractivity contribution >= 4 is 18.1 Å². The highest BCUT2D eigenvalue weighted by Crippen LogP contribution is 2.04. The predicted octanol–water partition coefficient (Wildman–Crippen LogP) is 3.07. The second kappa shape index (κ2) is 11.8. The summed E-state index contributed by atoms with van der Waals surface area (Å²) in [7, 11) is -1.93. The average molecular weight is 262 g/mol. The van der Waals surface area contributed by atoms with Crippen molar-refractivity contribution in [3.8, 4) is 0 Å². The Morgan fingerprint density at radius 1 is 0.938 bits per heavy atom. The van der Waals surface area contributed by atoms with Crippen LogP contribution in [0.2, 0.25) is 19.1 Å². The number of unbranched alkanes of at least 4 members (excludes halogenated alkanes) is 2. The topological polar surface area (TPSA) is 18.5 Å². The molecule has 0 aromatic carbocycles. The number of rotatable bonds is 11. The maximum Gasteiger partial charge on any atom is 0.176 e. The van der Waals surface area contributed by atoms with Crippen LogP contribution in [0.4, 0.5) is 0 Å². The molecule has 0 fully saturated rings. The molecule has 0 aromatic rings. The molecule has 0 saturated heterocycles. The van der Waals surface area contributed by atoms with Crippen LogP contribution in [-0.4, -0.2) is 31.3 Å². The van der Waals surface area contributed by atoms with Crippen LogP contribution >= 0.6 is 0 Å². The van der Waals surface area contributed by atoms with Crippen molar-refractivity contribution in [3.63, 3.8) is 0 Å². The van der Waals surface area contributed by atoms with E-state index in [2.05, 4.69) is 33.0 Å². The Morgan fingerprint density at radius 3 is 2.06 bits per heavy atom. The Hall–Kier alpha value is 0.354. The summed E-state index contributed by atoms with van der Waals surface area (Å²) in [5.74, 6) is 0. The highest BCUT2D eigenvalue weighted by atomic mass is 28.3. The maximum atomic E-state index is 5.83. The Kier molecular flexibility index (Phi) is 12.1. The van der Waals surface area contributed by atoms with Crippen LogP contribution < -0.4 is 0 Å². The van der Waals surface area contributed by atoms with Crippen molar-refractivity contribution in [2.75, 3.05) is 13.2 Å². The molecule has 1 radical (unpaired) electrons. The molecule has 2 nitrogen and oxygen atoms in total. The third kappa shape index (κ3) is 10.9. The highest BCUT2D eigenvalue weighted by molar-refractivity contribution is 6.59. The van der Waals surface area contributed by atoms with Gasteiger partial charge in [-0.05, 0) is 38.0 Å². The molecule has 0 aliphatic rings. The Bertz CT molecular complexity index is 129. The fourth-order valence-corrected chi connectivity index (χ4v) is 5.81. The first kappa shape index (κ1) is 16.4. The second-order valence-corrected chi connectivity index (χ2v) is 9.08. The molecular weight excluding hydrogens is 232 g/mol. The van der Waals surface area contributed by atoms with Gasteiger partial charge in [-0.15, -0.1) is 0 Å². The number of hydrogen-bond donors (Lipinski definition) is 0. The third-order valence-corrected chi connectivity index (χ3v) is 6.56. The van der Waals surface area contributed by atoms with Gasteiger partial charge in [0.25, 0.3) is 0 Å². The molecule has 0 bridgehead atoms. The van der Waals surface area contributed by atoms with Crippen LogP contribution in [0.5, 0.6) is 0 Å². The van der Waals surface area contributed by atoms with Crippen molar-refractivity contribution < 1.29 is 8.85 Å². The molecule has 16 heavy (non-hydrogen) atoms. The minimum Gasteiger partial charge on any atom is -0.420 e. The van der Waals surface area contributed by atoms with E-state index in [0.717, 1.165) is 13.2 Å². The van der Waals surface area contributed by atoms with Gasteiger partial charge in [-0.1, -0.05) is 26.7 Å². The van der Waals surface area contributed by atoms with E-state index < -0.39 is 18.1 Å². The second-order valence-electron chi connectivity index (χ2n) is 4.44. The molecule has 0 aromatic heterocycles. The molecule has 2 atom stereocenters. The van der Waals surface area contributed by atoms with Gasteiger partial charge in [0.1, 0.15) is 0 Å². The smallest absolute Gasteiger partial charge is 0.176 e. The maximum absolute atomic E-state index is 5.83. The zero-order chi connectivity index (χ0) is 12.2. The summed E-state index contributed by atoms with van der Waals surface area (Å²) >= 11 is 0. The summed E-state index contributed by atoms with van der Waals surface area (Å²) in [6.07, 6.45) is 4.87. The average Bonchev–Trinajstić information content (AvgIpc) is 2.27. The van der Waals surface area contributed by atoms with Crippen molar-refractivity contribution in [2.24, 2.45) is 0 Å². The van der Waals surface area contributed by atoms with Gasteiger partial charge in [-0.3, -0.25) is 0 Å². The third-order valence-electron chi connectivity index (χ3n) is 2.58. The molecule has 0 saturated carbocycles. The predicted molar refractivity (Wildman–Crippen MR) is 76.9 cm³/mol. The zero-order valence-electron chi connectivity index (χ0n) is 11.5. The first-order valence-corrected chi connectivity index (χ1v) is 11.5. The standard InChI is InChI=1S/C12H29O2Si2/c1-5-7-9-13-15(3)11-12-16(4)14-10-8-6-2/h11,15-16H,5-10,12H2,1-4H3. The van der Waals surface area contributed by atoms with Gasteiger partial charge in [0.05, 0.1) is 0 Å². The molecule has 97 valence electrons. The van der Waals surface area contributed by atoms with E-state index in [4.69, 9.17) is 8.85 Å². The van der Waals surface area contributed by atoms with Crippen LogP contribution in [-0.2, 0) is 8.85 Å². The normalized spacial score (nSPS) is 15.0.